The molecule has 0 saturated carbocycles. The smallest absolute Gasteiger partial charge is 0.406 e. The van der Waals surface area contributed by atoms with E-state index in [9.17, 15) is 4.79 Å². The topological polar surface area (TPSA) is 64.3 Å². The molecule has 1 rings (SSSR count). The van der Waals surface area contributed by atoms with Gasteiger partial charge in [0.25, 0.3) is 0 Å². The summed E-state index contributed by atoms with van der Waals surface area (Å²) < 4.78 is 4.43. The van der Waals surface area contributed by atoms with Crippen LogP contribution in [0.25, 0.3) is 0 Å². The van der Waals surface area contributed by atoms with Crippen molar-refractivity contribution in [3.8, 4) is 0 Å². The van der Waals surface area contributed by atoms with E-state index >= 15 is 0 Å². The maximum absolute atomic E-state index is 10.8. The second-order valence-electron chi connectivity index (χ2n) is 3.03. The largest absolute Gasteiger partial charge is 0.453 e. The first-order valence-corrected chi connectivity index (χ1v) is 4.84. The maximum Gasteiger partial charge on any atom is 0.406 e. The molecule has 0 heterocycles. The van der Waals surface area contributed by atoms with Gasteiger partial charge in [0.15, 0.2) is 0 Å². The lowest BCUT2D eigenvalue weighted by Gasteiger charge is -2.12. The zero-order valence-electron chi connectivity index (χ0n) is 8.37. The summed E-state index contributed by atoms with van der Waals surface area (Å²) in [5.41, 5.74) is 6.71. The fourth-order valence-corrected chi connectivity index (χ4v) is 1.32. The molecule has 1 amide bonds. The van der Waals surface area contributed by atoms with Crippen LogP contribution in [0.15, 0.2) is 24.3 Å². The summed E-state index contributed by atoms with van der Waals surface area (Å²) in [6, 6.07) is 6.92. The van der Waals surface area contributed by atoms with E-state index in [1.54, 1.807) is 12.1 Å². The van der Waals surface area contributed by atoms with Crippen molar-refractivity contribution in [2.24, 2.45) is 5.73 Å². The molecule has 0 fully saturated rings. The number of benzene rings is 1. The van der Waals surface area contributed by atoms with Crippen LogP contribution in [-0.2, 0) is 4.74 Å². The van der Waals surface area contributed by atoms with E-state index in [1.807, 2.05) is 12.1 Å². The Bertz CT molecular complexity index is 344. The van der Waals surface area contributed by atoms with Crippen LogP contribution in [0.5, 0.6) is 0 Å². The molecule has 0 aliphatic rings. The third-order valence-electron chi connectivity index (χ3n) is 1.93. The van der Waals surface area contributed by atoms with Crippen molar-refractivity contribution in [3.05, 3.63) is 34.9 Å². The highest BCUT2D eigenvalue weighted by Crippen LogP contribution is 2.15. The quantitative estimate of drug-likeness (QED) is 0.828. The molecule has 1 aromatic rings. The number of carbonyl (C=O) groups is 1. The van der Waals surface area contributed by atoms with Gasteiger partial charge in [-0.25, -0.2) is 4.79 Å². The Morgan fingerprint density at radius 1 is 1.67 bits per heavy atom. The van der Waals surface area contributed by atoms with Crippen LogP contribution in [-0.4, -0.2) is 19.7 Å². The summed E-state index contributed by atoms with van der Waals surface area (Å²) in [7, 11) is 1.31. The van der Waals surface area contributed by atoms with Crippen molar-refractivity contribution in [1.29, 1.82) is 0 Å². The molecule has 0 unspecified atom stereocenters. The number of methoxy groups -OCH3 is 1. The van der Waals surface area contributed by atoms with Gasteiger partial charge in [0.1, 0.15) is 0 Å². The lowest BCUT2D eigenvalue weighted by molar-refractivity contribution is 0.170. The number of ether oxygens (including phenoxy) is 1. The molecule has 3 N–H and O–H groups in total. The molecular weight excluding hydrogens is 216 g/mol. The number of nitrogens with two attached hydrogens (primary N) is 1. The molecule has 0 radical (unpaired) electrons. The number of alkyl carbamates (subject to hydrolysis) is 1. The van der Waals surface area contributed by atoms with Gasteiger partial charge in [0, 0.05) is 17.6 Å². The molecule has 0 spiro atoms. The average molecular weight is 229 g/mol. The van der Waals surface area contributed by atoms with Gasteiger partial charge in [0.05, 0.1) is 7.11 Å². The van der Waals surface area contributed by atoms with E-state index in [2.05, 4.69) is 10.1 Å². The van der Waals surface area contributed by atoms with E-state index in [0.29, 0.717) is 11.6 Å². The fourth-order valence-electron chi connectivity index (χ4n) is 1.12. The monoisotopic (exact) mass is 228 g/mol. The third-order valence-corrected chi connectivity index (χ3v) is 2.16. The second kappa shape index (κ2) is 5.58. The van der Waals surface area contributed by atoms with Gasteiger partial charge in [-0.15, -0.1) is 0 Å². The van der Waals surface area contributed by atoms with E-state index in [1.165, 1.54) is 7.11 Å². The molecule has 0 aliphatic carbocycles. The van der Waals surface area contributed by atoms with Crippen LogP contribution in [0.1, 0.15) is 11.6 Å². The van der Waals surface area contributed by atoms with Gasteiger partial charge in [-0.3, -0.25) is 0 Å². The molecular formula is C10H13ClN2O2. The van der Waals surface area contributed by atoms with Crippen molar-refractivity contribution >= 4 is 17.7 Å². The summed E-state index contributed by atoms with van der Waals surface area (Å²) in [4.78, 5) is 10.8. The number of halogens is 1. The van der Waals surface area contributed by atoms with Gasteiger partial charge in [-0.05, 0) is 17.7 Å². The van der Waals surface area contributed by atoms with Crippen molar-refractivity contribution in [2.75, 3.05) is 13.7 Å². The standard InChI is InChI=1S/C10H13ClN2O2/c1-15-10(14)13-6-9(12)7-3-2-4-8(11)5-7/h2-5,9H,6,12H2,1H3,(H,13,14)/t9-/m1/s1. The highest BCUT2D eigenvalue weighted by Gasteiger charge is 2.07. The van der Waals surface area contributed by atoms with Crippen molar-refractivity contribution in [3.63, 3.8) is 0 Å². The van der Waals surface area contributed by atoms with Crippen molar-refractivity contribution in [2.45, 2.75) is 6.04 Å². The van der Waals surface area contributed by atoms with Gasteiger partial charge in [-0.1, -0.05) is 23.7 Å². The fraction of sp³-hybridized carbons (Fsp3) is 0.300. The Balaban J connectivity index is 2.53. The molecule has 82 valence electrons. The number of hydrogen-bond donors (Lipinski definition) is 2. The number of carbonyl (C=O) groups excluding carboxylic acids is 1. The molecule has 1 atom stereocenters. The Morgan fingerprint density at radius 2 is 2.40 bits per heavy atom. The highest BCUT2D eigenvalue weighted by molar-refractivity contribution is 6.30. The zero-order valence-corrected chi connectivity index (χ0v) is 9.12. The van der Waals surface area contributed by atoms with E-state index in [-0.39, 0.29) is 6.04 Å². The van der Waals surface area contributed by atoms with E-state index < -0.39 is 6.09 Å². The number of hydrogen-bond acceptors (Lipinski definition) is 3. The highest BCUT2D eigenvalue weighted by atomic mass is 35.5. The predicted octanol–water partition coefficient (Wildman–Crippen LogP) is 1.70. The lowest BCUT2D eigenvalue weighted by atomic mass is 10.1. The zero-order chi connectivity index (χ0) is 11.3. The summed E-state index contributed by atoms with van der Waals surface area (Å²) >= 11 is 5.81. The molecule has 0 bridgehead atoms. The third kappa shape index (κ3) is 3.77. The summed E-state index contributed by atoms with van der Waals surface area (Å²) in [6.07, 6.45) is -0.493. The first-order chi connectivity index (χ1) is 7.13. The Kier molecular flexibility index (Phi) is 4.39. The molecule has 15 heavy (non-hydrogen) atoms. The SMILES string of the molecule is COC(=O)NC[C@@H](N)c1cccc(Cl)c1. The van der Waals surface area contributed by atoms with Crippen LogP contribution in [0.4, 0.5) is 4.79 Å². The Morgan fingerprint density at radius 3 is 3.00 bits per heavy atom. The first kappa shape index (κ1) is 11.8. The predicted molar refractivity (Wildman–Crippen MR) is 58.8 cm³/mol. The minimum absolute atomic E-state index is 0.289. The molecule has 0 aromatic heterocycles. The Labute approximate surface area is 93.4 Å². The van der Waals surface area contributed by atoms with E-state index in [0.717, 1.165) is 5.56 Å². The molecule has 5 heteroatoms. The number of nitrogens with one attached hydrogen (secondary N) is 1. The van der Waals surface area contributed by atoms with E-state index in [4.69, 9.17) is 17.3 Å². The Hall–Kier alpha value is -1.26. The van der Waals surface area contributed by atoms with Crippen LogP contribution in [0, 0.1) is 0 Å². The minimum atomic E-state index is -0.493. The van der Waals surface area contributed by atoms with Crippen LogP contribution in [0.2, 0.25) is 5.02 Å². The number of amides is 1. The van der Waals surface area contributed by atoms with Gasteiger partial charge < -0.3 is 15.8 Å². The average Bonchev–Trinajstić information content (AvgIpc) is 2.25. The second-order valence-corrected chi connectivity index (χ2v) is 3.47. The van der Waals surface area contributed by atoms with Crippen molar-refractivity contribution < 1.29 is 9.53 Å². The molecule has 0 saturated heterocycles. The molecule has 4 nitrogen and oxygen atoms in total. The lowest BCUT2D eigenvalue weighted by Crippen LogP contribution is -2.31. The van der Waals surface area contributed by atoms with Crippen LogP contribution >= 0.6 is 11.6 Å². The normalized spacial score (nSPS) is 11.9. The van der Waals surface area contributed by atoms with Crippen LogP contribution in [0.3, 0.4) is 0 Å². The van der Waals surface area contributed by atoms with Crippen molar-refractivity contribution in [1.82, 2.24) is 5.32 Å². The van der Waals surface area contributed by atoms with Gasteiger partial charge >= 0.3 is 6.09 Å². The maximum atomic E-state index is 10.8. The summed E-state index contributed by atoms with van der Waals surface area (Å²) in [6.45, 7) is 0.313. The number of rotatable bonds is 3. The first-order valence-electron chi connectivity index (χ1n) is 4.46. The minimum Gasteiger partial charge on any atom is -0.453 e. The van der Waals surface area contributed by atoms with Gasteiger partial charge in [-0.2, -0.15) is 0 Å². The molecule has 1 aromatic carbocycles. The summed E-state index contributed by atoms with van der Waals surface area (Å²) in [5.74, 6) is 0. The van der Waals surface area contributed by atoms with Crippen LogP contribution < -0.4 is 11.1 Å². The molecule has 0 aliphatic heterocycles. The summed E-state index contributed by atoms with van der Waals surface area (Å²) in [5, 5.41) is 3.15. The van der Waals surface area contributed by atoms with Gasteiger partial charge in [0.2, 0.25) is 0 Å².